The van der Waals surface area contributed by atoms with Crippen LogP contribution in [0.15, 0.2) is 29.3 Å². The Morgan fingerprint density at radius 2 is 2.09 bits per heavy atom. The van der Waals surface area contributed by atoms with Crippen LogP contribution in [0.3, 0.4) is 0 Å². The summed E-state index contributed by atoms with van der Waals surface area (Å²) in [6, 6.07) is 6.54. The van der Waals surface area contributed by atoms with Crippen molar-refractivity contribution in [1.29, 1.82) is 0 Å². The lowest BCUT2D eigenvalue weighted by molar-refractivity contribution is 0.565. The topological polar surface area (TPSA) is 70.6 Å². The van der Waals surface area contributed by atoms with Crippen molar-refractivity contribution in [3.63, 3.8) is 0 Å². The maximum atomic E-state index is 13.5. The number of nitrogens with zero attached hydrogens (tertiary/aromatic N) is 1. The highest BCUT2D eigenvalue weighted by Crippen LogP contribution is 2.17. The van der Waals surface area contributed by atoms with Gasteiger partial charge in [0, 0.05) is 25.7 Å². The quantitative estimate of drug-likeness (QED) is 0.423. The third kappa shape index (κ3) is 5.71. The van der Waals surface area contributed by atoms with E-state index in [1.54, 1.807) is 25.2 Å². The van der Waals surface area contributed by atoms with Crippen LogP contribution in [0.2, 0.25) is 0 Å². The lowest BCUT2D eigenvalue weighted by Gasteiger charge is -2.14. The number of nitrogens with one attached hydrogen (secondary N) is 2. The number of hydrogen-bond acceptors (Lipinski definition) is 3. The lowest BCUT2D eigenvalue weighted by Crippen LogP contribution is -2.39. The zero-order valence-corrected chi connectivity index (χ0v) is 15.5. The van der Waals surface area contributed by atoms with Crippen LogP contribution in [-0.4, -0.2) is 39.5 Å². The molecule has 1 aromatic carbocycles. The molecule has 124 valence electrons. The van der Waals surface area contributed by atoms with Crippen LogP contribution >= 0.6 is 24.0 Å². The number of halogens is 2. The van der Waals surface area contributed by atoms with Gasteiger partial charge in [-0.3, -0.25) is 4.99 Å². The van der Waals surface area contributed by atoms with E-state index in [-0.39, 0.29) is 47.2 Å². The van der Waals surface area contributed by atoms with Crippen molar-refractivity contribution in [3.05, 3.63) is 35.6 Å². The van der Waals surface area contributed by atoms with Gasteiger partial charge >= 0.3 is 0 Å². The van der Waals surface area contributed by atoms with Gasteiger partial charge in [0.1, 0.15) is 5.82 Å². The SMILES string of the molecule is CN=C(NCc1ccccc1F)NCC1CCS(=O)(=O)C1.I. The predicted octanol–water partition coefficient (Wildman–Crippen LogP) is 1.54. The molecule has 0 aromatic heterocycles. The number of sulfone groups is 1. The second-order valence-electron chi connectivity index (χ2n) is 5.17. The fraction of sp³-hybridized carbons (Fsp3) is 0.500. The first-order valence-corrected chi connectivity index (χ1v) is 8.70. The first-order valence-electron chi connectivity index (χ1n) is 6.88. The highest BCUT2D eigenvalue weighted by molar-refractivity contribution is 14.0. The third-order valence-corrected chi connectivity index (χ3v) is 5.35. The minimum Gasteiger partial charge on any atom is -0.356 e. The van der Waals surface area contributed by atoms with Crippen LogP contribution in [0, 0.1) is 11.7 Å². The van der Waals surface area contributed by atoms with Crippen molar-refractivity contribution in [2.45, 2.75) is 13.0 Å². The van der Waals surface area contributed by atoms with Gasteiger partial charge in [0.05, 0.1) is 11.5 Å². The van der Waals surface area contributed by atoms with E-state index in [1.807, 2.05) is 0 Å². The molecule has 0 aliphatic carbocycles. The van der Waals surface area contributed by atoms with Crippen LogP contribution in [0.1, 0.15) is 12.0 Å². The lowest BCUT2D eigenvalue weighted by atomic mass is 10.1. The molecule has 8 heteroatoms. The molecule has 2 N–H and O–H groups in total. The van der Waals surface area contributed by atoms with Crippen molar-refractivity contribution >= 4 is 39.8 Å². The van der Waals surface area contributed by atoms with Gasteiger partial charge in [0.15, 0.2) is 15.8 Å². The Bertz CT molecular complexity index is 622. The number of benzene rings is 1. The highest BCUT2D eigenvalue weighted by Gasteiger charge is 2.27. The Labute approximate surface area is 147 Å². The van der Waals surface area contributed by atoms with Crippen LogP contribution in [-0.2, 0) is 16.4 Å². The van der Waals surface area contributed by atoms with E-state index in [1.165, 1.54) is 6.07 Å². The van der Waals surface area contributed by atoms with Gasteiger partial charge in [-0.15, -0.1) is 24.0 Å². The molecule has 0 amide bonds. The molecule has 0 saturated carbocycles. The van der Waals surface area contributed by atoms with Crippen molar-refractivity contribution < 1.29 is 12.8 Å². The fourth-order valence-corrected chi connectivity index (χ4v) is 4.18. The van der Waals surface area contributed by atoms with Gasteiger partial charge in [-0.25, -0.2) is 12.8 Å². The largest absolute Gasteiger partial charge is 0.356 e. The summed E-state index contributed by atoms with van der Waals surface area (Å²) < 4.78 is 36.3. The summed E-state index contributed by atoms with van der Waals surface area (Å²) in [5.41, 5.74) is 0.559. The molecule has 1 fully saturated rings. The number of hydrogen-bond donors (Lipinski definition) is 2. The van der Waals surface area contributed by atoms with Crippen LogP contribution in [0.25, 0.3) is 0 Å². The second kappa shape index (κ2) is 8.66. The highest BCUT2D eigenvalue weighted by atomic mass is 127. The molecule has 1 unspecified atom stereocenters. The molecule has 0 radical (unpaired) electrons. The Morgan fingerprint density at radius 1 is 1.36 bits per heavy atom. The predicted molar refractivity (Wildman–Crippen MR) is 96.8 cm³/mol. The van der Waals surface area contributed by atoms with Gasteiger partial charge in [-0.05, 0) is 18.4 Å². The van der Waals surface area contributed by atoms with Crippen molar-refractivity contribution in [3.8, 4) is 0 Å². The normalized spacial score (nSPS) is 20.3. The summed E-state index contributed by atoms with van der Waals surface area (Å²) in [6.07, 6.45) is 0.680. The number of aliphatic imine (C=N–C) groups is 1. The minimum absolute atomic E-state index is 0. The van der Waals surface area contributed by atoms with Gasteiger partial charge < -0.3 is 10.6 Å². The molecular weight excluding hydrogens is 420 g/mol. The van der Waals surface area contributed by atoms with Crippen molar-refractivity contribution in [2.75, 3.05) is 25.1 Å². The zero-order chi connectivity index (χ0) is 15.3. The van der Waals surface area contributed by atoms with E-state index in [4.69, 9.17) is 0 Å². The second-order valence-corrected chi connectivity index (χ2v) is 7.40. The monoisotopic (exact) mass is 441 g/mol. The summed E-state index contributed by atoms with van der Waals surface area (Å²) in [4.78, 5) is 4.05. The molecule has 5 nitrogen and oxygen atoms in total. The molecule has 1 aliphatic heterocycles. The van der Waals surface area contributed by atoms with Gasteiger partial charge in [-0.2, -0.15) is 0 Å². The Hall–Kier alpha value is -0.900. The average molecular weight is 441 g/mol. The van der Waals surface area contributed by atoms with Crippen molar-refractivity contribution in [1.82, 2.24) is 10.6 Å². The summed E-state index contributed by atoms with van der Waals surface area (Å²) in [5, 5.41) is 6.11. The average Bonchev–Trinajstić information content (AvgIpc) is 2.80. The first-order chi connectivity index (χ1) is 10.00. The Kier molecular flexibility index (Phi) is 7.54. The molecule has 0 spiro atoms. The van der Waals surface area contributed by atoms with E-state index in [0.29, 0.717) is 31.0 Å². The third-order valence-electron chi connectivity index (χ3n) is 3.51. The maximum Gasteiger partial charge on any atom is 0.191 e. The molecule has 1 aliphatic rings. The Balaban J connectivity index is 0.00000242. The molecule has 1 atom stereocenters. The molecular formula is C14H21FIN3O2S. The minimum atomic E-state index is -2.86. The molecule has 0 bridgehead atoms. The zero-order valence-electron chi connectivity index (χ0n) is 12.4. The summed E-state index contributed by atoms with van der Waals surface area (Å²) in [5.74, 6) is 0.886. The summed E-state index contributed by atoms with van der Waals surface area (Å²) in [6.45, 7) is 0.880. The van der Waals surface area contributed by atoms with E-state index in [2.05, 4.69) is 15.6 Å². The van der Waals surface area contributed by atoms with Crippen LogP contribution in [0.4, 0.5) is 4.39 Å². The first kappa shape index (κ1) is 19.1. The van der Waals surface area contributed by atoms with E-state index in [9.17, 15) is 12.8 Å². The fourth-order valence-electron chi connectivity index (χ4n) is 2.32. The van der Waals surface area contributed by atoms with Crippen LogP contribution in [0.5, 0.6) is 0 Å². The van der Waals surface area contributed by atoms with Gasteiger partial charge in [-0.1, -0.05) is 18.2 Å². The molecule has 1 heterocycles. The number of rotatable bonds is 4. The standard InChI is InChI=1S/C14H20FN3O2S.HI/c1-16-14(17-8-11-6-7-21(19,20)10-11)18-9-12-4-2-3-5-13(12)15;/h2-5,11H,6-10H2,1H3,(H2,16,17,18);1H. The summed E-state index contributed by atoms with van der Waals surface area (Å²) >= 11 is 0. The molecule has 2 rings (SSSR count). The van der Waals surface area contributed by atoms with E-state index in [0.717, 1.165) is 0 Å². The Morgan fingerprint density at radius 3 is 2.68 bits per heavy atom. The van der Waals surface area contributed by atoms with Crippen LogP contribution < -0.4 is 10.6 Å². The van der Waals surface area contributed by atoms with Gasteiger partial charge in [0.25, 0.3) is 0 Å². The van der Waals surface area contributed by atoms with Gasteiger partial charge in [0.2, 0.25) is 0 Å². The molecule has 22 heavy (non-hydrogen) atoms. The number of guanidine groups is 1. The van der Waals surface area contributed by atoms with E-state index >= 15 is 0 Å². The smallest absolute Gasteiger partial charge is 0.191 e. The molecule has 1 aromatic rings. The van der Waals surface area contributed by atoms with E-state index < -0.39 is 9.84 Å². The van der Waals surface area contributed by atoms with Crippen molar-refractivity contribution in [2.24, 2.45) is 10.9 Å². The molecule has 1 saturated heterocycles. The summed E-state index contributed by atoms with van der Waals surface area (Å²) in [7, 11) is -1.23. The maximum absolute atomic E-state index is 13.5.